The number of benzene rings is 7. The molecule has 314 valence electrons. The predicted octanol–water partition coefficient (Wildman–Crippen LogP) is 9.31. The van der Waals surface area contributed by atoms with Crippen molar-refractivity contribution in [3.8, 4) is 0 Å². The Bertz CT molecular complexity index is 3210. The van der Waals surface area contributed by atoms with Crippen LogP contribution in [-0.2, 0) is 23.5 Å². The SMILES string of the molecule is C[C@H](/C=C/CCn1cc(C(CO)c2ccccc2)nn1)[C@@]1(O)C(=O)N(Cc2ccc(N3C(=O)c4cccc5cccc3c45)cc2)c2ccc(N3C(=O)c4cccc5cccc3c45)cc21. The van der Waals surface area contributed by atoms with Crippen molar-refractivity contribution in [2.24, 2.45) is 5.92 Å². The number of hydrogen-bond donors (Lipinski definition) is 2. The van der Waals surface area contributed by atoms with Gasteiger partial charge in [-0.25, -0.2) is 0 Å². The van der Waals surface area contributed by atoms with Crippen LogP contribution in [0.5, 0.6) is 0 Å². The molecule has 0 saturated carbocycles. The first-order chi connectivity index (χ1) is 31.2. The molecule has 3 amide bonds. The molecule has 1 aromatic heterocycles. The Hall–Kier alpha value is -7.73. The number of fused-ring (bicyclic) bond motifs is 1. The van der Waals surface area contributed by atoms with E-state index in [1.165, 1.54) is 0 Å². The Morgan fingerprint density at radius 3 is 1.94 bits per heavy atom. The Kier molecular flexibility index (Phi) is 9.33. The fourth-order valence-electron chi connectivity index (χ4n) is 9.79. The van der Waals surface area contributed by atoms with Crippen molar-refractivity contribution >= 4 is 67.7 Å². The van der Waals surface area contributed by atoms with Crippen LogP contribution in [0.2, 0.25) is 0 Å². The summed E-state index contributed by atoms with van der Waals surface area (Å²) in [5.41, 5.74) is 5.51. The second-order valence-electron chi connectivity index (χ2n) is 16.7. The molecule has 7 aromatic carbocycles. The predicted molar refractivity (Wildman–Crippen MR) is 247 cm³/mol. The average molecular weight is 843 g/mol. The average Bonchev–Trinajstić information content (AvgIpc) is 4.05. The molecule has 8 aromatic rings. The van der Waals surface area contributed by atoms with Gasteiger partial charge in [0.1, 0.15) is 0 Å². The molecule has 3 aliphatic rings. The van der Waals surface area contributed by atoms with Crippen molar-refractivity contribution in [1.29, 1.82) is 0 Å². The maximum atomic E-state index is 14.8. The van der Waals surface area contributed by atoms with E-state index >= 15 is 0 Å². The third-order valence-corrected chi connectivity index (χ3v) is 13.1. The highest BCUT2D eigenvalue weighted by Crippen LogP contribution is 2.50. The number of aryl methyl sites for hydroxylation is 1. The summed E-state index contributed by atoms with van der Waals surface area (Å²) in [5, 5.41) is 35.4. The topological polar surface area (TPSA) is 132 Å². The maximum absolute atomic E-state index is 14.8. The van der Waals surface area contributed by atoms with Gasteiger partial charge in [-0.2, -0.15) is 0 Å². The fraction of sp³-hybridized carbons (Fsp3) is 0.151. The van der Waals surface area contributed by atoms with Crippen molar-refractivity contribution < 1.29 is 24.6 Å². The molecule has 0 spiro atoms. The van der Waals surface area contributed by atoms with Crippen LogP contribution in [0.3, 0.4) is 0 Å². The molecule has 4 heterocycles. The first-order valence-corrected chi connectivity index (χ1v) is 21.5. The van der Waals surface area contributed by atoms with Crippen molar-refractivity contribution in [2.45, 2.75) is 38.0 Å². The van der Waals surface area contributed by atoms with Gasteiger partial charge in [-0.15, -0.1) is 5.10 Å². The van der Waals surface area contributed by atoms with E-state index < -0.39 is 17.4 Å². The zero-order valence-corrected chi connectivity index (χ0v) is 34.9. The Morgan fingerprint density at radius 2 is 1.30 bits per heavy atom. The van der Waals surface area contributed by atoms with E-state index in [0.29, 0.717) is 52.4 Å². The zero-order valence-electron chi connectivity index (χ0n) is 34.9. The van der Waals surface area contributed by atoms with Gasteiger partial charge in [-0.05, 0) is 82.9 Å². The van der Waals surface area contributed by atoms with Gasteiger partial charge in [0.15, 0.2) is 5.60 Å². The number of nitrogens with zero attached hydrogens (tertiary/aromatic N) is 6. The Morgan fingerprint density at radius 1 is 0.688 bits per heavy atom. The second-order valence-corrected chi connectivity index (χ2v) is 16.7. The highest BCUT2D eigenvalue weighted by Gasteiger charge is 2.53. The monoisotopic (exact) mass is 842 g/mol. The minimum atomic E-state index is -1.97. The quantitative estimate of drug-likeness (QED) is 0.117. The zero-order chi connectivity index (χ0) is 43.7. The molecular weight excluding hydrogens is 801 g/mol. The normalized spacial score (nSPS) is 17.4. The molecule has 0 saturated heterocycles. The van der Waals surface area contributed by atoms with E-state index in [1.54, 1.807) is 25.4 Å². The van der Waals surface area contributed by atoms with Crippen LogP contribution in [0.15, 0.2) is 164 Å². The maximum Gasteiger partial charge on any atom is 0.264 e. The lowest BCUT2D eigenvalue weighted by Gasteiger charge is -2.28. The second kappa shape index (κ2) is 15.3. The number of amides is 3. The van der Waals surface area contributed by atoms with Gasteiger partial charge < -0.3 is 15.1 Å². The molecule has 0 bridgehead atoms. The van der Waals surface area contributed by atoms with Crippen LogP contribution in [0.4, 0.5) is 28.4 Å². The van der Waals surface area contributed by atoms with Crippen molar-refractivity contribution in [1.82, 2.24) is 15.0 Å². The number of aromatic nitrogens is 3. The molecule has 0 radical (unpaired) electrons. The summed E-state index contributed by atoms with van der Waals surface area (Å²) < 4.78 is 1.73. The number of rotatable bonds is 12. The highest BCUT2D eigenvalue weighted by molar-refractivity contribution is 6.29. The minimum Gasteiger partial charge on any atom is -0.395 e. The molecule has 64 heavy (non-hydrogen) atoms. The number of allylic oxidation sites excluding steroid dienone is 1. The molecular formula is C53H42N6O5. The molecule has 11 rings (SSSR count). The first-order valence-electron chi connectivity index (χ1n) is 21.5. The number of carbonyl (C=O) groups excluding carboxylic acids is 3. The minimum absolute atomic E-state index is 0.0913. The van der Waals surface area contributed by atoms with Gasteiger partial charge in [0.25, 0.3) is 17.7 Å². The Balaban J connectivity index is 0.888. The third kappa shape index (κ3) is 6.07. The number of anilines is 5. The van der Waals surface area contributed by atoms with Crippen LogP contribution < -0.4 is 14.7 Å². The smallest absolute Gasteiger partial charge is 0.264 e. The first kappa shape index (κ1) is 39.1. The molecule has 11 heteroatoms. The Labute approximate surface area is 368 Å². The van der Waals surface area contributed by atoms with Gasteiger partial charge in [-0.1, -0.05) is 115 Å². The largest absolute Gasteiger partial charge is 0.395 e. The number of aliphatic hydroxyl groups excluding tert-OH is 1. The van der Waals surface area contributed by atoms with Crippen LogP contribution >= 0.6 is 0 Å². The van der Waals surface area contributed by atoms with Gasteiger partial charge >= 0.3 is 0 Å². The van der Waals surface area contributed by atoms with Crippen molar-refractivity contribution in [2.75, 3.05) is 21.3 Å². The van der Waals surface area contributed by atoms with E-state index in [1.807, 2.05) is 165 Å². The number of hydrogen-bond acceptors (Lipinski definition) is 7. The van der Waals surface area contributed by atoms with Crippen molar-refractivity contribution in [3.05, 3.63) is 197 Å². The molecule has 0 aliphatic carbocycles. The number of carbonyl (C=O) groups is 3. The molecule has 2 N–H and O–H groups in total. The van der Waals surface area contributed by atoms with E-state index in [2.05, 4.69) is 10.3 Å². The lowest BCUT2D eigenvalue weighted by Crippen LogP contribution is -2.44. The van der Waals surface area contributed by atoms with E-state index in [4.69, 9.17) is 0 Å². The van der Waals surface area contributed by atoms with Gasteiger partial charge in [0.05, 0.1) is 53.0 Å². The molecule has 3 atom stereocenters. The van der Waals surface area contributed by atoms with Gasteiger partial charge in [0.2, 0.25) is 0 Å². The summed E-state index contributed by atoms with van der Waals surface area (Å²) >= 11 is 0. The van der Waals surface area contributed by atoms with E-state index in [0.717, 1.165) is 44.0 Å². The molecule has 11 nitrogen and oxygen atoms in total. The van der Waals surface area contributed by atoms with Crippen LogP contribution in [0.25, 0.3) is 21.5 Å². The van der Waals surface area contributed by atoms with Crippen LogP contribution in [0, 0.1) is 5.92 Å². The van der Waals surface area contributed by atoms with Gasteiger partial charge in [-0.3, -0.25) is 28.9 Å². The summed E-state index contributed by atoms with van der Waals surface area (Å²) in [7, 11) is 0. The number of aliphatic hydroxyl groups is 2. The highest BCUT2D eigenvalue weighted by atomic mass is 16.3. The van der Waals surface area contributed by atoms with Crippen LogP contribution in [0.1, 0.15) is 62.4 Å². The van der Waals surface area contributed by atoms with Gasteiger partial charge in [0, 0.05) is 46.4 Å². The lowest BCUT2D eigenvalue weighted by atomic mass is 9.82. The molecule has 1 unspecified atom stereocenters. The summed E-state index contributed by atoms with van der Waals surface area (Å²) in [6.45, 7) is 2.38. The summed E-state index contributed by atoms with van der Waals surface area (Å²) in [6.07, 6.45) is 6.16. The third-order valence-electron chi connectivity index (χ3n) is 13.1. The molecule has 0 fully saturated rings. The summed E-state index contributed by atoms with van der Waals surface area (Å²) in [6, 6.07) is 45.9. The van der Waals surface area contributed by atoms with Crippen LogP contribution in [-0.4, -0.2) is 49.5 Å². The van der Waals surface area contributed by atoms with E-state index in [-0.39, 0.29) is 30.9 Å². The standard InChI is InChI=1S/C53H42N6O5/c1-33(11-5-6-28-56-31-44(54-55-56)42(32-60)35-12-3-2-4-13-35)53(64)43-29-39(59-47-21-10-17-37-15-8-19-41(49(37)47)51(59)62)26-27-45(43)57(52(53)63)30-34-22-24-38(25-23-34)58-46-20-9-16-36-14-7-18-40(48(36)46)50(58)61/h2-5,7-27,29,31,33,42,60,64H,6,28,30,32H2,1H3/b11-5+/t33-,42?,53+/m1/s1. The van der Waals surface area contributed by atoms with E-state index in [9.17, 15) is 24.6 Å². The summed E-state index contributed by atoms with van der Waals surface area (Å²) in [5.74, 6) is -1.71. The summed E-state index contributed by atoms with van der Waals surface area (Å²) in [4.78, 5) is 47.6. The fourth-order valence-corrected chi connectivity index (χ4v) is 9.79. The lowest BCUT2D eigenvalue weighted by molar-refractivity contribution is -0.139. The molecule has 3 aliphatic heterocycles. The van der Waals surface area contributed by atoms with Crippen molar-refractivity contribution in [3.63, 3.8) is 0 Å².